The lowest BCUT2D eigenvalue weighted by molar-refractivity contribution is 0.0622. The standard InChI is InChI=1S/C17H20Cl2N4O/c1-12-10-16(20-21(12)2)17(24)23-8-6-22(7-9-23)11-13-14(18)4-3-5-15(13)19/h3-5,10H,6-9,11H2,1-2H3. The first-order valence-corrected chi connectivity index (χ1v) is 8.66. The van der Waals surface area contributed by atoms with Crippen LogP contribution in [0.4, 0.5) is 0 Å². The molecule has 5 nitrogen and oxygen atoms in total. The summed E-state index contributed by atoms with van der Waals surface area (Å²) >= 11 is 12.5. The van der Waals surface area contributed by atoms with E-state index < -0.39 is 0 Å². The number of amides is 1. The maximum Gasteiger partial charge on any atom is 0.274 e. The van der Waals surface area contributed by atoms with E-state index in [1.807, 2.05) is 43.1 Å². The van der Waals surface area contributed by atoms with Crippen LogP contribution >= 0.6 is 23.2 Å². The molecular weight excluding hydrogens is 347 g/mol. The molecule has 3 rings (SSSR count). The Bertz CT molecular complexity index is 711. The lowest BCUT2D eigenvalue weighted by Gasteiger charge is -2.34. The van der Waals surface area contributed by atoms with Gasteiger partial charge in [0.25, 0.3) is 5.91 Å². The van der Waals surface area contributed by atoms with Crippen molar-refractivity contribution in [1.82, 2.24) is 19.6 Å². The fourth-order valence-electron chi connectivity index (χ4n) is 2.84. The van der Waals surface area contributed by atoms with Gasteiger partial charge in [0.05, 0.1) is 0 Å². The summed E-state index contributed by atoms with van der Waals surface area (Å²) in [5, 5.41) is 5.64. The second-order valence-electron chi connectivity index (χ2n) is 6.06. The number of carbonyl (C=O) groups excluding carboxylic acids is 1. The highest BCUT2D eigenvalue weighted by Crippen LogP contribution is 2.26. The number of rotatable bonds is 3. The summed E-state index contributed by atoms with van der Waals surface area (Å²) in [7, 11) is 1.84. The monoisotopic (exact) mass is 366 g/mol. The van der Waals surface area contributed by atoms with E-state index in [9.17, 15) is 4.79 Å². The molecular formula is C17H20Cl2N4O. The summed E-state index contributed by atoms with van der Waals surface area (Å²) in [5.41, 5.74) is 2.43. The van der Waals surface area contributed by atoms with Gasteiger partial charge in [-0.15, -0.1) is 0 Å². The molecule has 1 amide bonds. The number of aryl methyl sites for hydroxylation is 2. The molecule has 128 valence electrons. The Labute approximate surface area is 151 Å². The van der Waals surface area contributed by atoms with Crippen molar-refractivity contribution in [2.75, 3.05) is 26.2 Å². The molecule has 1 aliphatic heterocycles. The molecule has 0 saturated carbocycles. The zero-order valence-electron chi connectivity index (χ0n) is 13.8. The van der Waals surface area contributed by atoms with Crippen molar-refractivity contribution in [3.05, 3.63) is 51.3 Å². The van der Waals surface area contributed by atoms with Crippen molar-refractivity contribution in [3.63, 3.8) is 0 Å². The van der Waals surface area contributed by atoms with Gasteiger partial charge in [-0.2, -0.15) is 5.10 Å². The number of hydrogen-bond donors (Lipinski definition) is 0. The van der Waals surface area contributed by atoms with Crippen LogP contribution in [-0.2, 0) is 13.6 Å². The zero-order chi connectivity index (χ0) is 17.3. The Hall–Kier alpha value is -1.56. The van der Waals surface area contributed by atoms with Crippen LogP contribution in [0.25, 0.3) is 0 Å². The van der Waals surface area contributed by atoms with Crippen LogP contribution in [0.2, 0.25) is 10.0 Å². The van der Waals surface area contributed by atoms with Crippen LogP contribution in [0.3, 0.4) is 0 Å². The van der Waals surface area contributed by atoms with Crippen LogP contribution in [0.1, 0.15) is 21.7 Å². The molecule has 2 heterocycles. The Kier molecular flexibility index (Phi) is 5.13. The third kappa shape index (κ3) is 3.58. The highest BCUT2D eigenvalue weighted by Gasteiger charge is 2.24. The lowest BCUT2D eigenvalue weighted by atomic mass is 10.2. The van der Waals surface area contributed by atoms with Gasteiger partial charge in [-0.3, -0.25) is 14.4 Å². The summed E-state index contributed by atoms with van der Waals surface area (Å²) in [6.07, 6.45) is 0. The average molecular weight is 367 g/mol. The molecule has 2 aromatic rings. The minimum Gasteiger partial charge on any atom is -0.335 e. The van der Waals surface area contributed by atoms with Crippen LogP contribution in [0.15, 0.2) is 24.3 Å². The van der Waals surface area contributed by atoms with Gasteiger partial charge in [0, 0.05) is 61.1 Å². The van der Waals surface area contributed by atoms with E-state index in [-0.39, 0.29) is 5.91 Å². The van der Waals surface area contributed by atoms with Crippen LogP contribution in [0.5, 0.6) is 0 Å². The highest BCUT2D eigenvalue weighted by molar-refractivity contribution is 6.35. The third-order valence-electron chi connectivity index (χ3n) is 4.44. The van der Waals surface area contributed by atoms with Crippen LogP contribution in [-0.4, -0.2) is 51.7 Å². The van der Waals surface area contributed by atoms with E-state index in [0.717, 1.165) is 24.3 Å². The normalized spacial score (nSPS) is 15.8. The fourth-order valence-corrected chi connectivity index (χ4v) is 3.36. The maximum absolute atomic E-state index is 12.5. The number of carbonyl (C=O) groups is 1. The van der Waals surface area contributed by atoms with Gasteiger partial charge >= 0.3 is 0 Å². The third-order valence-corrected chi connectivity index (χ3v) is 5.14. The van der Waals surface area contributed by atoms with E-state index in [2.05, 4.69) is 10.00 Å². The van der Waals surface area contributed by atoms with Gasteiger partial charge in [0.15, 0.2) is 5.69 Å². The second kappa shape index (κ2) is 7.13. The number of halogens is 2. The molecule has 0 aliphatic carbocycles. The van der Waals surface area contributed by atoms with Gasteiger partial charge in [0.2, 0.25) is 0 Å². The Morgan fingerprint density at radius 3 is 2.33 bits per heavy atom. The van der Waals surface area contributed by atoms with Crippen LogP contribution in [0, 0.1) is 6.92 Å². The van der Waals surface area contributed by atoms with Crippen molar-refractivity contribution < 1.29 is 4.79 Å². The fraction of sp³-hybridized carbons (Fsp3) is 0.412. The van der Waals surface area contributed by atoms with E-state index in [0.29, 0.717) is 35.4 Å². The quantitative estimate of drug-likeness (QED) is 0.838. The van der Waals surface area contributed by atoms with Crippen molar-refractivity contribution in [3.8, 4) is 0 Å². The largest absolute Gasteiger partial charge is 0.335 e. The first kappa shape index (κ1) is 17.3. The molecule has 1 saturated heterocycles. The number of piperazine rings is 1. The minimum absolute atomic E-state index is 0.00544. The first-order chi connectivity index (χ1) is 11.5. The minimum atomic E-state index is -0.00544. The summed E-state index contributed by atoms with van der Waals surface area (Å²) in [6.45, 7) is 5.57. The molecule has 0 spiro atoms. The van der Waals surface area contributed by atoms with Gasteiger partial charge in [-0.25, -0.2) is 0 Å². The average Bonchev–Trinajstić information content (AvgIpc) is 2.90. The van der Waals surface area contributed by atoms with Crippen molar-refractivity contribution in [2.24, 2.45) is 7.05 Å². The molecule has 0 radical (unpaired) electrons. The molecule has 0 atom stereocenters. The molecule has 24 heavy (non-hydrogen) atoms. The maximum atomic E-state index is 12.5. The molecule has 0 N–H and O–H groups in total. The topological polar surface area (TPSA) is 41.4 Å². The molecule has 1 aromatic heterocycles. The summed E-state index contributed by atoms with van der Waals surface area (Å²) in [5.74, 6) is -0.00544. The summed E-state index contributed by atoms with van der Waals surface area (Å²) in [6, 6.07) is 7.38. The van der Waals surface area contributed by atoms with E-state index >= 15 is 0 Å². The van der Waals surface area contributed by atoms with Crippen molar-refractivity contribution in [1.29, 1.82) is 0 Å². The second-order valence-corrected chi connectivity index (χ2v) is 6.88. The van der Waals surface area contributed by atoms with E-state index in [1.165, 1.54) is 0 Å². The molecule has 1 aromatic carbocycles. The predicted molar refractivity (Wildman–Crippen MR) is 95.6 cm³/mol. The van der Waals surface area contributed by atoms with Gasteiger partial charge in [0.1, 0.15) is 0 Å². The molecule has 1 fully saturated rings. The van der Waals surface area contributed by atoms with Gasteiger partial charge in [-0.1, -0.05) is 29.3 Å². The van der Waals surface area contributed by atoms with Crippen LogP contribution < -0.4 is 0 Å². The molecule has 0 unspecified atom stereocenters. The molecule has 1 aliphatic rings. The lowest BCUT2D eigenvalue weighted by Crippen LogP contribution is -2.48. The first-order valence-electron chi connectivity index (χ1n) is 7.91. The number of hydrogen-bond acceptors (Lipinski definition) is 3. The van der Waals surface area contributed by atoms with E-state index in [1.54, 1.807) is 4.68 Å². The van der Waals surface area contributed by atoms with Crippen molar-refractivity contribution >= 4 is 29.1 Å². The van der Waals surface area contributed by atoms with Gasteiger partial charge < -0.3 is 4.90 Å². The molecule has 7 heteroatoms. The smallest absolute Gasteiger partial charge is 0.274 e. The Balaban J connectivity index is 1.60. The number of aromatic nitrogens is 2. The Morgan fingerprint density at radius 2 is 1.79 bits per heavy atom. The van der Waals surface area contributed by atoms with Crippen molar-refractivity contribution in [2.45, 2.75) is 13.5 Å². The van der Waals surface area contributed by atoms with Gasteiger partial charge in [-0.05, 0) is 25.1 Å². The van der Waals surface area contributed by atoms with E-state index in [4.69, 9.17) is 23.2 Å². The number of nitrogens with zero attached hydrogens (tertiary/aromatic N) is 4. The SMILES string of the molecule is Cc1cc(C(=O)N2CCN(Cc3c(Cl)cccc3Cl)CC2)nn1C. The zero-order valence-corrected chi connectivity index (χ0v) is 15.3. The summed E-state index contributed by atoms with van der Waals surface area (Å²) in [4.78, 5) is 16.6. The highest BCUT2D eigenvalue weighted by atomic mass is 35.5. The number of benzene rings is 1. The Morgan fingerprint density at radius 1 is 1.17 bits per heavy atom. The molecule has 0 bridgehead atoms. The predicted octanol–water partition coefficient (Wildman–Crippen LogP) is 2.99. The summed E-state index contributed by atoms with van der Waals surface area (Å²) < 4.78 is 1.73.